The summed E-state index contributed by atoms with van der Waals surface area (Å²) in [7, 11) is -2.72. The smallest absolute Gasteiger partial charge is 0.264 e. The number of hydrazone groups is 1. The quantitative estimate of drug-likeness (QED) is 0.400. The monoisotopic (exact) mass is 472 g/mol. The number of benzene rings is 2. The average molecular weight is 473 g/mol. The first-order valence-electron chi connectivity index (χ1n) is 9.46. The second kappa shape index (κ2) is 10.3. The van der Waals surface area contributed by atoms with Crippen molar-refractivity contribution in [3.63, 3.8) is 0 Å². The number of nitrogens with zero attached hydrogens (tertiary/aromatic N) is 3. The zero-order chi connectivity index (χ0) is 23.1. The Kier molecular flexibility index (Phi) is 7.45. The molecule has 1 amide bonds. The van der Waals surface area contributed by atoms with Crippen molar-refractivity contribution in [2.24, 2.45) is 5.10 Å². The average Bonchev–Trinajstić information content (AvgIpc) is 2.78. The number of aromatic nitrogens is 1. The SMILES string of the molecule is COc1ccc(Cl)cc1N(CC(=O)N/N=C/c1cccnc1)S(=O)(=O)c1ccc(C)cc1. The van der Waals surface area contributed by atoms with Crippen LogP contribution in [0.25, 0.3) is 0 Å². The Morgan fingerprint density at radius 1 is 1.22 bits per heavy atom. The normalized spacial score (nSPS) is 11.3. The number of hydrogen-bond donors (Lipinski definition) is 1. The van der Waals surface area contributed by atoms with E-state index in [0.29, 0.717) is 10.6 Å². The number of hydrogen-bond acceptors (Lipinski definition) is 6. The van der Waals surface area contributed by atoms with E-state index >= 15 is 0 Å². The highest BCUT2D eigenvalue weighted by Gasteiger charge is 2.29. The highest BCUT2D eigenvalue weighted by atomic mass is 35.5. The summed E-state index contributed by atoms with van der Waals surface area (Å²) < 4.78 is 33.2. The van der Waals surface area contributed by atoms with Crippen LogP contribution in [0, 0.1) is 6.92 Å². The first-order chi connectivity index (χ1) is 15.3. The lowest BCUT2D eigenvalue weighted by Gasteiger charge is -2.25. The maximum Gasteiger partial charge on any atom is 0.264 e. The van der Waals surface area contributed by atoms with E-state index in [9.17, 15) is 13.2 Å². The Balaban J connectivity index is 1.94. The maximum atomic E-state index is 13.5. The van der Waals surface area contributed by atoms with Crippen molar-refractivity contribution >= 4 is 39.4 Å². The lowest BCUT2D eigenvalue weighted by Crippen LogP contribution is -2.39. The van der Waals surface area contributed by atoms with Gasteiger partial charge in [-0.3, -0.25) is 14.1 Å². The third-order valence-corrected chi connectivity index (χ3v) is 6.40. The van der Waals surface area contributed by atoms with Gasteiger partial charge in [-0.25, -0.2) is 13.8 Å². The van der Waals surface area contributed by atoms with Gasteiger partial charge >= 0.3 is 0 Å². The summed E-state index contributed by atoms with van der Waals surface area (Å²) in [4.78, 5) is 16.6. The summed E-state index contributed by atoms with van der Waals surface area (Å²) in [6.07, 6.45) is 4.59. The molecule has 0 saturated heterocycles. The minimum Gasteiger partial charge on any atom is -0.495 e. The first-order valence-corrected chi connectivity index (χ1v) is 11.3. The van der Waals surface area contributed by atoms with Crippen LogP contribution in [-0.2, 0) is 14.8 Å². The fourth-order valence-corrected chi connectivity index (χ4v) is 4.38. The molecule has 3 aromatic rings. The second-order valence-corrected chi connectivity index (χ2v) is 9.02. The van der Waals surface area contributed by atoms with Crippen molar-refractivity contribution in [1.82, 2.24) is 10.4 Å². The van der Waals surface area contributed by atoms with E-state index in [1.54, 1.807) is 42.7 Å². The highest BCUT2D eigenvalue weighted by molar-refractivity contribution is 7.92. The molecule has 3 rings (SSSR count). The zero-order valence-corrected chi connectivity index (χ0v) is 19.0. The van der Waals surface area contributed by atoms with Gasteiger partial charge in [0, 0.05) is 23.0 Å². The molecule has 8 nitrogen and oxygen atoms in total. The van der Waals surface area contributed by atoms with Crippen LogP contribution >= 0.6 is 11.6 Å². The largest absolute Gasteiger partial charge is 0.495 e. The van der Waals surface area contributed by atoms with Crippen LogP contribution in [0.1, 0.15) is 11.1 Å². The number of carbonyl (C=O) groups is 1. The minimum atomic E-state index is -4.12. The summed E-state index contributed by atoms with van der Waals surface area (Å²) >= 11 is 6.12. The fraction of sp³-hybridized carbons (Fsp3) is 0.136. The summed E-state index contributed by atoms with van der Waals surface area (Å²) in [5, 5.41) is 4.16. The number of anilines is 1. The molecule has 0 spiro atoms. The van der Waals surface area contributed by atoms with Crippen molar-refractivity contribution in [2.45, 2.75) is 11.8 Å². The third-order valence-electron chi connectivity index (χ3n) is 4.39. The molecular weight excluding hydrogens is 452 g/mol. The number of pyridine rings is 1. The van der Waals surface area contributed by atoms with Crippen molar-refractivity contribution < 1.29 is 17.9 Å². The zero-order valence-electron chi connectivity index (χ0n) is 17.4. The van der Waals surface area contributed by atoms with E-state index in [2.05, 4.69) is 15.5 Å². The Labute approximate surface area is 191 Å². The minimum absolute atomic E-state index is 0.0248. The second-order valence-electron chi connectivity index (χ2n) is 6.72. The topological polar surface area (TPSA) is 101 Å². The molecule has 32 heavy (non-hydrogen) atoms. The van der Waals surface area contributed by atoms with Crippen LogP contribution in [-0.4, -0.2) is 39.2 Å². The Morgan fingerprint density at radius 2 is 1.97 bits per heavy atom. The molecule has 0 aliphatic carbocycles. The van der Waals surface area contributed by atoms with Gasteiger partial charge in [0.05, 0.1) is 23.9 Å². The summed E-state index contributed by atoms with van der Waals surface area (Å²) in [5.74, 6) is -0.403. The number of amides is 1. The molecule has 0 saturated carbocycles. The number of nitrogens with one attached hydrogen (secondary N) is 1. The summed E-state index contributed by atoms with van der Waals surface area (Å²) in [6, 6.07) is 14.3. The molecule has 0 fully saturated rings. The number of carbonyl (C=O) groups excluding carboxylic acids is 1. The van der Waals surface area contributed by atoms with Gasteiger partial charge in [0.1, 0.15) is 12.3 Å². The number of methoxy groups -OCH3 is 1. The van der Waals surface area contributed by atoms with E-state index in [0.717, 1.165) is 9.87 Å². The fourth-order valence-electron chi connectivity index (χ4n) is 2.79. The van der Waals surface area contributed by atoms with Gasteiger partial charge in [0.15, 0.2) is 0 Å². The van der Waals surface area contributed by atoms with E-state index in [4.69, 9.17) is 16.3 Å². The van der Waals surface area contributed by atoms with Crippen LogP contribution in [0.4, 0.5) is 5.69 Å². The van der Waals surface area contributed by atoms with Gasteiger partial charge in [0.2, 0.25) is 0 Å². The molecule has 0 atom stereocenters. The van der Waals surface area contributed by atoms with Gasteiger partial charge in [0.25, 0.3) is 15.9 Å². The molecule has 1 aromatic heterocycles. The molecule has 1 heterocycles. The van der Waals surface area contributed by atoms with E-state index in [1.807, 2.05) is 6.92 Å². The molecule has 0 radical (unpaired) electrons. The van der Waals surface area contributed by atoms with E-state index in [-0.39, 0.29) is 16.3 Å². The maximum absolute atomic E-state index is 13.5. The van der Waals surface area contributed by atoms with Crippen molar-refractivity contribution in [2.75, 3.05) is 18.0 Å². The lowest BCUT2D eigenvalue weighted by molar-refractivity contribution is -0.119. The lowest BCUT2D eigenvalue weighted by atomic mass is 10.2. The summed E-state index contributed by atoms with van der Waals surface area (Å²) in [6.45, 7) is 1.30. The van der Waals surface area contributed by atoms with Crippen LogP contribution in [0.2, 0.25) is 5.02 Å². The third kappa shape index (κ3) is 5.63. The number of aryl methyl sites for hydroxylation is 1. The van der Waals surface area contributed by atoms with Gasteiger partial charge in [-0.05, 0) is 43.3 Å². The van der Waals surface area contributed by atoms with Crippen LogP contribution in [0.3, 0.4) is 0 Å². The predicted octanol–water partition coefficient (Wildman–Crippen LogP) is 3.40. The Bertz CT molecular complexity index is 1220. The molecule has 0 bridgehead atoms. The predicted molar refractivity (Wildman–Crippen MR) is 124 cm³/mol. The molecule has 166 valence electrons. The van der Waals surface area contributed by atoms with Gasteiger partial charge in [-0.15, -0.1) is 0 Å². The standard InChI is InChI=1S/C22H21ClN4O4S/c1-16-5-8-19(9-6-16)32(29,30)27(20-12-18(23)7-10-21(20)31-2)15-22(28)26-25-14-17-4-3-11-24-13-17/h3-14H,15H2,1-2H3,(H,26,28)/b25-14+. The van der Waals surface area contributed by atoms with Crippen molar-refractivity contribution in [1.29, 1.82) is 0 Å². The van der Waals surface area contributed by atoms with Gasteiger partial charge in [-0.1, -0.05) is 35.4 Å². The summed E-state index contributed by atoms with van der Waals surface area (Å²) in [5.41, 5.74) is 4.05. The number of rotatable bonds is 8. The van der Waals surface area contributed by atoms with Crippen molar-refractivity contribution in [3.8, 4) is 5.75 Å². The number of halogens is 1. The van der Waals surface area contributed by atoms with E-state index in [1.165, 1.54) is 37.6 Å². The molecule has 0 unspecified atom stereocenters. The molecule has 0 aliphatic rings. The van der Waals surface area contributed by atoms with Crippen LogP contribution in [0.5, 0.6) is 5.75 Å². The molecular formula is C22H21ClN4O4S. The van der Waals surface area contributed by atoms with Crippen LogP contribution in [0.15, 0.2) is 77.0 Å². The Hall–Kier alpha value is -3.43. The molecule has 10 heteroatoms. The van der Waals surface area contributed by atoms with E-state index < -0.39 is 22.5 Å². The molecule has 0 aliphatic heterocycles. The Morgan fingerprint density at radius 3 is 2.62 bits per heavy atom. The number of ether oxygens (including phenoxy) is 1. The van der Waals surface area contributed by atoms with Gasteiger partial charge in [-0.2, -0.15) is 5.10 Å². The molecule has 1 N–H and O–H groups in total. The molecule has 2 aromatic carbocycles. The first kappa shape index (κ1) is 23.2. The van der Waals surface area contributed by atoms with Crippen molar-refractivity contribution in [3.05, 3.63) is 83.1 Å². The van der Waals surface area contributed by atoms with Crippen LogP contribution < -0.4 is 14.5 Å². The van der Waals surface area contributed by atoms with Gasteiger partial charge < -0.3 is 4.74 Å². The number of sulfonamides is 1. The highest BCUT2D eigenvalue weighted by Crippen LogP contribution is 2.34.